The van der Waals surface area contributed by atoms with E-state index in [0.717, 1.165) is 0 Å². The van der Waals surface area contributed by atoms with E-state index in [0.29, 0.717) is 0 Å². The second kappa shape index (κ2) is 8.30. The molecule has 22 heavy (non-hydrogen) atoms. The third kappa shape index (κ3) is 5.66. The van der Waals surface area contributed by atoms with Crippen LogP contribution in [0.1, 0.15) is 6.92 Å². The summed E-state index contributed by atoms with van der Waals surface area (Å²) in [5.41, 5.74) is 0. The number of amides is 1. The van der Waals surface area contributed by atoms with Crippen LogP contribution in [0.5, 0.6) is 0 Å². The summed E-state index contributed by atoms with van der Waals surface area (Å²) in [6, 6.07) is 7.62. The maximum Gasteiger partial charge on any atom is 0.321 e. The van der Waals surface area contributed by atoms with Gasteiger partial charge in [-0.05, 0) is 19.1 Å². The minimum atomic E-state index is -3.79. The number of hydrogen-bond acceptors (Lipinski definition) is 5. The molecule has 0 spiro atoms. The molecule has 0 aliphatic rings. The molecule has 0 aliphatic carbocycles. The van der Waals surface area contributed by atoms with Gasteiger partial charge in [-0.2, -0.15) is 4.72 Å². The second-order valence-corrected chi connectivity index (χ2v) is 6.07. The molecule has 0 saturated carbocycles. The van der Waals surface area contributed by atoms with Gasteiger partial charge in [0.2, 0.25) is 10.0 Å². The summed E-state index contributed by atoms with van der Waals surface area (Å²) in [5.74, 6) is -1.33. The fourth-order valence-electron chi connectivity index (χ4n) is 1.45. The summed E-state index contributed by atoms with van der Waals surface area (Å²) in [5, 5.41) is 2.46. The van der Waals surface area contributed by atoms with E-state index in [9.17, 15) is 18.0 Å². The normalized spacial score (nSPS) is 12.2. The minimum absolute atomic E-state index is 0.0413. The number of ether oxygens (including phenoxy) is 1. The molecule has 1 rings (SSSR count). The number of carbonyl (C=O) groups is 2. The Kier molecular flexibility index (Phi) is 6.74. The number of hydrogen-bond donors (Lipinski definition) is 2. The highest BCUT2D eigenvalue weighted by Crippen LogP contribution is 2.06. The van der Waals surface area contributed by atoms with Crippen molar-refractivity contribution in [1.29, 1.82) is 0 Å². The van der Waals surface area contributed by atoms with Crippen molar-refractivity contribution in [1.82, 2.24) is 10.0 Å². The molecule has 0 radical (unpaired) electrons. The number of rotatable bonds is 8. The van der Waals surface area contributed by atoms with E-state index in [1.54, 1.807) is 18.2 Å². The number of benzene rings is 1. The first kappa shape index (κ1) is 17.9. The maximum atomic E-state index is 11.9. The molecule has 0 fully saturated rings. The van der Waals surface area contributed by atoms with Gasteiger partial charge in [-0.3, -0.25) is 9.59 Å². The molecule has 8 heteroatoms. The van der Waals surface area contributed by atoms with Crippen molar-refractivity contribution in [2.75, 3.05) is 13.1 Å². The molecule has 1 aromatic rings. The predicted molar refractivity (Wildman–Crippen MR) is 80.4 cm³/mol. The van der Waals surface area contributed by atoms with Crippen molar-refractivity contribution in [2.24, 2.45) is 0 Å². The van der Waals surface area contributed by atoms with Gasteiger partial charge in [-0.25, -0.2) is 8.42 Å². The van der Waals surface area contributed by atoms with E-state index >= 15 is 0 Å². The third-order valence-electron chi connectivity index (χ3n) is 2.56. The van der Waals surface area contributed by atoms with Crippen molar-refractivity contribution in [2.45, 2.75) is 17.9 Å². The van der Waals surface area contributed by atoms with Gasteiger partial charge in [0.1, 0.15) is 6.54 Å². The van der Waals surface area contributed by atoms with Crippen LogP contribution in [0.2, 0.25) is 0 Å². The molecule has 0 heterocycles. The molecule has 7 nitrogen and oxygen atoms in total. The van der Waals surface area contributed by atoms with Gasteiger partial charge < -0.3 is 10.1 Å². The Morgan fingerprint density at radius 3 is 2.55 bits per heavy atom. The third-order valence-corrected chi connectivity index (χ3v) is 3.98. The average molecular weight is 326 g/mol. The van der Waals surface area contributed by atoms with Crippen LogP contribution in [0.3, 0.4) is 0 Å². The van der Waals surface area contributed by atoms with E-state index in [2.05, 4.69) is 16.6 Å². The summed E-state index contributed by atoms with van der Waals surface area (Å²) < 4.78 is 30.7. The van der Waals surface area contributed by atoms with Crippen LogP contribution < -0.4 is 10.0 Å². The van der Waals surface area contributed by atoms with Gasteiger partial charge in [0.15, 0.2) is 6.10 Å². The Bertz CT molecular complexity index is 628. The fourth-order valence-corrected chi connectivity index (χ4v) is 2.44. The fraction of sp³-hybridized carbons (Fsp3) is 0.286. The zero-order valence-electron chi connectivity index (χ0n) is 12.1. The number of sulfonamides is 1. The van der Waals surface area contributed by atoms with Crippen molar-refractivity contribution < 1.29 is 22.7 Å². The van der Waals surface area contributed by atoms with Gasteiger partial charge in [-0.1, -0.05) is 24.3 Å². The highest BCUT2D eigenvalue weighted by atomic mass is 32.2. The zero-order chi connectivity index (χ0) is 16.6. The van der Waals surface area contributed by atoms with Crippen molar-refractivity contribution in [3.63, 3.8) is 0 Å². The van der Waals surface area contributed by atoms with Crippen LogP contribution in [-0.4, -0.2) is 39.5 Å². The average Bonchev–Trinajstić information content (AvgIpc) is 2.51. The first-order valence-electron chi connectivity index (χ1n) is 6.49. The van der Waals surface area contributed by atoms with Crippen LogP contribution >= 0.6 is 0 Å². The quantitative estimate of drug-likeness (QED) is 0.525. The molecule has 0 aromatic heterocycles. The number of carbonyl (C=O) groups excluding carboxylic acids is 2. The predicted octanol–water partition coefficient (Wildman–Crippen LogP) is 0.199. The Balaban J connectivity index is 2.49. The van der Waals surface area contributed by atoms with Crippen LogP contribution in [0, 0.1) is 0 Å². The Labute approximate surface area is 129 Å². The van der Waals surface area contributed by atoms with Crippen LogP contribution in [0.25, 0.3) is 0 Å². The van der Waals surface area contributed by atoms with E-state index in [-0.39, 0.29) is 11.4 Å². The smallest absolute Gasteiger partial charge is 0.321 e. The molecule has 1 amide bonds. The molecule has 1 aromatic carbocycles. The molecule has 120 valence electrons. The Morgan fingerprint density at radius 1 is 1.32 bits per heavy atom. The molecule has 0 bridgehead atoms. The molecular formula is C14H18N2O5S. The van der Waals surface area contributed by atoms with Gasteiger partial charge in [0, 0.05) is 6.54 Å². The highest BCUT2D eigenvalue weighted by molar-refractivity contribution is 7.89. The number of nitrogens with one attached hydrogen (secondary N) is 2. The summed E-state index contributed by atoms with van der Waals surface area (Å²) in [4.78, 5) is 23.1. The minimum Gasteiger partial charge on any atom is -0.452 e. The Morgan fingerprint density at radius 2 is 1.95 bits per heavy atom. The molecule has 2 N–H and O–H groups in total. The lowest BCUT2D eigenvalue weighted by molar-refractivity contribution is -0.153. The molecule has 0 unspecified atom stereocenters. The summed E-state index contributed by atoms with van der Waals surface area (Å²) in [7, 11) is -3.79. The summed E-state index contributed by atoms with van der Waals surface area (Å²) in [6.07, 6.45) is 0.467. The van der Waals surface area contributed by atoms with Crippen molar-refractivity contribution in [3.8, 4) is 0 Å². The zero-order valence-corrected chi connectivity index (χ0v) is 12.9. The maximum absolute atomic E-state index is 11.9. The van der Waals surface area contributed by atoms with Gasteiger partial charge in [0.05, 0.1) is 4.90 Å². The molecule has 1 atom stereocenters. The summed E-state index contributed by atoms with van der Waals surface area (Å²) in [6.45, 7) is 4.52. The van der Waals surface area contributed by atoms with Crippen molar-refractivity contribution in [3.05, 3.63) is 43.0 Å². The standard InChI is InChI=1S/C14H18N2O5S/c1-3-9-15-14(18)11(2)21-13(17)10-16-22(19,20)12-7-5-4-6-8-12/h3-8,11,16H,1,9-10H2,2H3,(H,15,18)/t11-/m0/s1. The van der Waals surface area contributed by atoms with E-state index < -0.39 is 34.5 Å². The topological polar surface area (TPSA) is 102 Å². The highest BCUT2D eigenvalue weighted by Gasteiger charge is 2.19. The molecule has 0 saturated heterocycles. The monoisotopic (exact) mass is 326 g/mol. The van der Waals surface area contributed by atoms with Crippen LogP contribution in [-0.2, 0) is 24.3 Å². The first-order chi connectivity index (χ1) is 10.4. The van der Waals surface area contributed by atoms with Crippen LogP contribution in [0.15, 0.2) is 47.9 Å². The lowest BCUT2D eigenvalue weighted by Crippen LogP contribution is -2.38. The largest absolute Gasteiger partial charge is 0.452 e. The molecular weight excluding hydrogens is 308 g/mol. The second-order valence-electron chi connectivity index (χ2n) is 4.30. The van der Waals surface area contributed by atoms with Crippen LogP contribution in [0.4, 0.5) is 0 Å². The van der Waals surface area contributed by atoms with Gasteiger partial charge in [-0.15, -0.1) is 6.58 Å². The lowest BCUT2D eigenvalue weighted by Gasteiger charge is -2.13. The van der Waals surface area contributed by atoms with E-state index in [1.165, 1.54) is 25.1 Å². The van der Waals surface area contributed by atoms with E-state index in [4.69, 9.17) is 4.74 Å². The van der Waals surface area contributed by atoms with Gasteiger partial charge in [0.25, 0.3) is 5.91 Å². The first-order valence-corrected chi connectivity index (χ1v) is 7.98. The van der Waals surface area contributed by atoms with Gasteiger partial charge >= 0.3 is 5.97 Å². The van der Waals surface area contributed by atoms with Crippen molar-refractivity contribution >= 4 is 21.9 Å². The SMILES string of the molecule is C=CCNC(=O)[C@H](C)OC(=O)CNS(=O)(=O)c1ccccc1. The van der Waals surface area contributed by atoms with E-state index in [1.807, 2.05) is 0 Å². The number of esters is 1. The molecule has 0 aliphatic heterocycles. The summed E-state index contributed by atoms with van der Waals surface area (Å²) >= 11 is 0. The Hall–Kier alpha value is -2.19. The lowest BCUT2D eigenvalue weighted by atomic mass is 10.3.